The molecule has 6 heteroatoms. The second kappa shape index (κ2) is 4.25. The Balaban J connectivity index is 2.20. The van der Waals surface area contributed by atoms with Gasteiger partial charge in [0.1, 0.15) is 0 Å². The Labute approximate surface area is 97.5 Å². The third kappa shape index (κ3) is 2.25. The maximum Gasteiger partial charge on any atom is 0.343 e. The van der Waals surface area contributed by atoms with Crippen molar-refractivity contribution in [3.63, 3.8) is 0 Å². The number of aryl methyl sites for hydroxylation is 2. The molecule has 6 nitrogen and oxygen atoms in total. The fourth-order valence-electron chi connectivity index (χ4n) is 1.31. The van der Waals surface area contributed by atoms with Gasteiger partial charge in [0.2, 0.25) is 5.75 Å². The van der Waals surface area contributed by atoms with Gasteiger partial charge in [-0.05, 0) is 19.1 Å². The van der Waals surface area contributed by atoms with Crippen LogP contribution < -0.4 is 4.74 Å². The number of hydrogen-bond acceptors (Lipinski definition) is 5. The molecule has 0 aliphatic rings. The first-order valence-electron chi connectivity index (χ1n) is 4.93. The van der Waals surface area contributed by atoms with Crippen LogP contribution in [0.5, 0.6) is 11.6 Å². The van der Waals surface area contributed by atoms with Crippen molar-refractivity contribution in [1.29, 1.82) is 0 Å². The number of aromatic hydroxyl groups is 1. The van der Waals surface area contributed by atoms with Gasteiger partial charge >= 0.3 is 5.97 Å². The molecule has 0 aromatic carbocycles. The summed E-state index contributed by atoms with van der Waals surface area (Å²) < 4.78 is 6.22. The van der Waals surface area contributed by atoms with Gasteiger partial charge in [-0.25, -0.2) is 9.48 Å². The molecule has 0 bridgehead atoms. The Bertz CT molecular complexity index is 563. The molecular weight excluding hydrogens is 222 g/mol. The van der Waals surface area contributed by atoms with E-state index in [-0.39, 0.29) is 11.6 Å². The van der Waals surface area contributed by atoms with Crippen molar-refractivity contribution < 1.29 is 14.6 Å². The van der Waals surface area contributed by atoms with Gasteiger partial charge in [0, 0.05) is 18.9 Å². The van der Waals surface area contributed by atoms with E-state index in [1.807, 2.05) is 0 Å². The first-order valence-corrected chi connectivity index (χ1v) is 4.93. The molecular formula is C11H11N3O3. The fraction of sp³-hybridized carbons (Fsp3) is 0.182. The molecule has 0 atom stereocenters. The third-order valence-electron chi connectivity index (χ3n) is 2.21. The Morgan fingerprint density at radius 3 is 2.88 bits per heavy atom. The number of esters is 1. The van der Waals surface area contributed by atoms with Gasteiger partial charge in [0.05, 0.1) is 11.8 Å². The van der Waals surface area contributed by atoms with Crippen molar-refractivity contribution in [2.75, 3.05) is 0 Å². The summed E-state index contributed by atoms with van der Waals surface area (Å²) in [6.45, 7) is 1.78. The summed E-state index contributed by atoms with van der Waals surface area (Å²) in [4.78, 5) is 15.7. The monoisotopic (exact) mass is 233 g/mol. The molecule has 88 valence electrons. The number of carbonyl (C=O) groups is 1. The molecule has 0 radical (unpaired) electrons. The summed E-state index contributed by atoms with van der Waals surface area (Å²) in [5, 5.41) is 13.3. The maximum absolute atomic E-state index is 11.7. The molecule has 2 heterocycles. The number of ether oxygens (including phenoxy) is 1. The highest BCUT2D eigenvalue weighted by atomic mass is 16.5. The zero-order valence-electron chi connectivity index (χ0n) is 9.41. The molecule has 0 unspecified atom stereocenters. The van der Waals surface area contributed by atoms with Crippen LogP contribution in [0.2, 0.25) is 0 Å². The molecule has 0 spiro atoms. The second-order valence-corrected chi connectivity index (χ2v) is 3.53. The maximum atomic E-state index is 11.7. The normalized spacial score (nSPS) is 10.2. The molecule has 0 saturated heterocycles. The molecule has 0 aliphatic carbocycles. The van der Waals surface area contributed by atoms with E-state index in [0.29, 0.717) is 5.56 Å². The van der Waals surface area contributed by atoms with Crippen LogP contribution in [0.25, 0.3) is 0 Å². The predicted octanol–water partition coefficient (Wildman–Crippen LogP) is 1.05. The van der Waals surface area contributed by atoms with Crippen molar-refractivity contribution >= 4 is 5.97 Å². The van der Waals surface area contributed by atoms with E-state index in [1.165, 1.54) is 17.1 Å². The number of pyridine rings is 1. The van der Waals surface area contributed by atoms with Gasteiger partial charge in [0.15, 0.2) is 0 Å². The van der Waals surface area contributed by atoms with Crippen LogP contribution in [0.4, 0.5) is 0 Å². The molecule has 2 aromatic heterocycles. The summed E-state index contributed by atoms with van der Waals surface area (Å²) >= 11 is 0. The zero-order valence-corrected chi connectivity index (χ0v) is 9.41. The Hall–Kier alpha value is -2.37. The van der Waals surface area contributed by atoms with E-state index >= 15 is 0 Å². The van der Waals surface area contributed by atoms with E-state index in [2.05, 4.69) is 10.1 Å². The van der Waals surface area contributed by atoms with Crippen molar-refractivity contribution in [3.05, 3.63) is 35.8 Å². The molecule has 17 heavy (non-hydrogen) atoms. The summed E-state index contributed by atoms with van der Waals surface area (Å²) in [5.41, 5.74) is 1.09. The van der Waals surface area contributed by atoms with Gasteiger partial charge in [-0.2, -0.15) is 5.10 Å². The van der Waals surface area contributed by atoms with Crippen LogP contribution in [0, 0.1) is 6.92 Å². The van der Waals surface area contributed by atoms with Crippen LogP contribution in [0.3, 0.4) is 0 Å². The number of carbonyl (C=O) groups excluding carboxylic acids is 1. The van der Waals surface area contributed by atoms with Crippen LogP contribution >= 0.6 is 0 Å². The van der Waals surface area contributed by atoms with Crippen molar-refractivity contribution in [3.8, 4) is 11.6 Å². The van der Waals surface area contributed by atoms with Gasteiger partial charge in [-0.1, -0.05) is 0 Å². The molecule has 1 N–H and O–H groups in total. The zero-order chi connectivity index (χ0) is 12.4. The Kier molecular flexibility index (Phi) is 2.78. The van der Waals surface area contributed by atoms with Gasteiger partial charge in [-0.15, -0.1) is 0 Å². The van der Waals surface area contributed by atoms with E-state index in [1.54, 1.807) is 26.1 Å². The van der Waals surface area contributed by atoms with Crippen LogP contribution in [-0.4, -0.2) is 25.8 Å². The topological polar surface area (TPSA) is 77.2 Å². The highest BCUT2D eigenvalue weighted by Gasteiger charge is 2.14. The molecule has 2 aromatic rings. The number of nitrogens with zero attached hydrogens (tertiary/aromatic N) is 3. The quantitative estimate of drug-likeness (QED) is 0.784. The Morgan fingerprint density at radius 1 is 1.53 bits per heavy atom. The average Bonchev–Trinajstić information content (AvgIpc) is 2.61. The van der Waals surface area contributed by atoms with E-state index in [0.717, 1.165) is 5.69 Å². The minimum absolute atomic E-state index is 0.0342. The summed E-state index contributed by atoms with van der Waals surface area (Å²) in [6.07, 6.45) is 2.80. The lowest BCUT2D eigenvalue weighted by Crippen LogP contribution is -2.08. The number of hydrogen-bond donors (Lipinski definition) is 1. The highest BCUT2D eigenvalue weighted by molar-refractivity contribution is 5.91. The lowest BCUT2D eigenvalue weighted by atomic mass is 10.2. The van der Waals surface area contributed by atoms with E-state index in [9.17, 15) is 9.90 Å². The summed E-state index contributed by atoms with van der Waals surface area (Å²) in [7, 11) is 1.54. The van der Waals surface area contributed by atoms with Crippen molar-refractivity contribution in [1.82, 2.24) is 14.8 Å². The number of aromatic nitrogens is 3. The van der Waals surface area contributed by atoms with Crippen molar-refractivity contribution in [2.24, 2.45) is 7.05 Å². The largest absolute Gasteiger partial charge is 0.491 e. The van der Waals surface area contributed by atoms with Crippen LogP contribution in [-0.2, 0) is 7.05 Å². The average molecular weight is 233 g/mol. The summed E-state index contributed by atoms with van der Waals surface area (Å²) in [5.74, 6) is -0.713. The molecule has 0 amide bonds. The third-order valence-corrected chi connectivity index (χ3v) is 2.21. The molecule has 0 fully saturated rings. The van der Waals surface area contributed by atoms with E-state index < -0.39 is 5.97 Å². The predicted molar refractivity (Wildman–Crippen MR) is 58.8 cm³/mol. The lowest BCUT2D eigenvalue weighted by Gasteiger charge is -2.02. The van der Waals surface area contributed by atoms with Gasteiger partial charge < -0.3 is 9.84 Å². The van der Waals surface area contributed by atoms with Crippen LogP contribution in [0.15, 0.2) is 24.5 Å². The van der Waals surface area contributed by atoms with Gasteiger partial charge in [-0.3, -0.25) is 4.98 Å². The second-order valence-electron chi connectivity index (χ2n) is 3.53. The summed E-state index contributed by atoms with van der Waals surface area (Å²) in [6, 6.07) is 3.15. The standard InChI is InChI=1S/C11H11N3O3/c1-7-5-8(3-4-12-7)11(16)17-9-6-13-14(2)10(9)15/h3-6,15H,1-2H3. The highest BCUT2D eigenvalue weighted by Crippen LogP contribution is 2.24. The smallest absolute Gasteiger partial charge is 0.343 e. The minimum Gasteiger partial charge on any atom is -0.491 e. The SMILES string of the molecule is Cc1cc(C(=O)Oc2cnn(C)c2O)ccn1. The first-order chi connectivity index (χ1) is 8.08. The molecule has 2 rings (SSSR count). The van der Waals surface area contributed by atoms with E-state index in [4.69, 9.17) is 4.74 Å². The van der Waals surface area contributed by atoms with Crippen molar-refractivity contribution in [2.45, 2.75) is 6.92 Å². The van der Waals surface area contributed by atoms with Crippen LogP contribution in [0.1, 0.15) is 16.1 Å². The number of rotatable bonds is 2. The first kappa shape index (κ1) is 11.1. The lowest BCUT2D eigenvalue weighted by molar-refractivity contribution is 0.0729. The minimum atomic E-state index is -0.557. The molecule has 0 aliphatic heterocycles. The fourth-order valence-corrected chi connectivity index (χ4v) is 1.31. The molecule has 0 saturated carbocycles. The Morgan fingerprint density at radius 2 is 2.29 bits per heavy atom. The van der Waals surface area contributed by atoms with Gasteiger partial charge in [0.25, 0.3) is 5.88 Å².